The Morgan fingerprint density at radius 2 is 1.97 bits per heavy atom. The van der Waals surface area contributed by atoms with Gasteiger partial charge in [-0.15, -0.1) is 11.3 Å². The number of thiophene rings is 1. The maximum Gasteiger partial charge on any atom is 0.252 e. The first-order valence-corrected chi connectivity index (χ1v) is 12.5. The Bertz CT molecular complexity index is 933. The zero-order chi connectivity index (χ0) is 21.8. The van der Waals surface area contributed by atoms with Crippen LogP contribution in [0.3, 0.4) is 0 Å². The van der Waals surface area contributed by atoms with Gasteiger partial charge in [0.05, 0.1) is 12.5 Å². The molecule has 0 spiro atoms. The van der Waals surface area contributed by atoms with Crippen molar-refractivity contribution in [2.75, 3.05) is 26.2 Å². The standard InChI is InChI=1S/C22H30N2O4S2/c1-22(2,3)18-8-10-19(11-9-18)28-14-12-23-21(25)17-6-4-13-24(16-17)30(26,27)20-7-5-15-29-20/h5,7-11,15,17H,4,6,12-14,16H2,1-3H3,(H,23,25)/t17-/m0/s1. The fourth-order valence-electron chi connectivity index (χ4n) is 3.45. The number of sulfonamides is 1. The van der Waals surface area contributed by atoms with Gasteiger partial charge in [0, 0.05) is 13.1 Å². The molecule has 8 heteroatoms. The van der Waals surface area contributed by atoms with Crippen LogP contribution in [-0.4, -0.2) is 44.9 Å². The van der Waals surface area contributed by atoms with Gasteiger partial charge in [-0.3, -0.25) is 4.79 Å². The Morgan fingerprint density at radius 3 is 2.60 bits per heavy atom. The maximum absolute atomic E-state index is 12.7. The van der Waals surface area contributed by atoms with Crippen molar-refractivity contribution in [3.8, 4) is 5.75 Å². The SMILES string of the molecule is CC(C)(C)c1ccc(OCCNC(=O)[C@H]2CCCN(S(=O)(=O)c3cccs3)C2)cc1. The molecule has 3 rings (SSSR count). The molecule has 2 heterocycles. The third kappa shape index (κ3) is 5.62. The molecular formula is C22H30N2O4S2. The number of carbonyl (C=O) groups excluding carboxylic acids is 1. The summed E-state index contributed by atoms with van der Waals surface area (Å²) >= 11 is 1.20. The molecule has 0 bridgehead atoms. The molecule has 0 unspecified atom stereocenters. The van der Waals surface area contributed by atoms with Crippen LogP contribution in [0.1, 0.15) is 39.2 Å². The fourth-order valence-corrected chi connectivity index (χ4v) is 6.12. The van der Waals surface area contributed by atoms with Crippen molar-refractivity contribution in [2.24, 2.45) is 5.92 Å². The number of hydrogen-bond donors (Lipinski definition) is 1. The minimum atomic E-state index is -3.51. The number of piperidine rings is 1. The summed E-state index contributed by atoms with van der Waals surface area (Å²) in [5, 5.41) is 4.63. The molecule has 0 saturated carbocycles. The Kier molecular flexibility index (Phi) is 7.21. The van der Waals surface area contributed by atoms with Crippen LogP contribution >= 0.6 is 11.3 Å². The van der Waals surface area contributed by atoms with Crippen molar-refractivity contribution in [2.45, 2.75) is 43.2 Å². The van der Waals surface area contributed by atoms with Crippen LogP contribution in [0.25, 0.3) is 0 Å². The predicted molar refractivity (Wildman–Crippen MR) is 119 cm³/mol. The second-order valence-electron chi connectivity index (χ2n) is 8.55. The van der Waals surface area contributed by atoms with E-state index in [0.717, 1.165) is 5.75 Å². The lowest BCUT2D eigenvalue weighted by Gasteiger charge is -2.30. The molecular weight excluding hydrogens is 420 g/mol. The van der Waals surface area contributed by atoms with Crippen molar-refractivity contribution in [3.05, 3.63) is 47.3 Å². The summed E-state index contributed by atoms with van der Waals surface area (Å²) in [6.07, 6.45) is 1.37. The molecule has 0 radical (unpaired) electrons. The summed E-state index contributed by atoms with van der Waals surface area (Å²) in [7, 11) is -3.51. The van der Waals surface area contributed by atoms with Gasteiger partial charge in [0.15, 0.2) is 0 Å². The number of rotatable bonds is 7. The van der Waals surface area contributed by atoms with E-state index in [-0.39, 0.29) is 23.8 Å². The van der Waals surface area contributed by atoms with E-state index in [2.05, 4.69) is 38.2 Å². The van der Waals surface area contributed by atoms with Gasteiger partial charge in [-0.25, -0.2) is 8.42 Å². The average Bonchev–Trinajstić information content (AvgIpc) is 3.27. The third-order valence-electron chi connectivity index (χ3n) is 5.23. The molecule has 1 N–H and O–H groups in total. The second-order valence-corrected chi connectivity index (χ2v) is 11.7. The lowest BCUT2D eigenvalue weighted by Crippen LogP contribution is -2.45. The van der Waals surface area contributed by atoms with E-state index in [1.54, 1.807) is 17.5 Å². The number of hydrogen-bond acceptors (Lipinski definition) is 5. The number of amides is 1. The van der Waals surface area contributed by atoms with Gasteiger partial charge in [0.25, 0.3) is 10.0 Å². The summed E-state index contributed by atoms with van der Waals surface area (Å²) in [4.78, 5) is 12.5. The van der Waals surface area contributed by atoms with E-state index >= 15 is 0 Å². The molecule has 30 heavy (non-hydrogen) atoms. The molecule has 1 aromatic carbocycles. The van der Waals surface area contributed by atoms with E-state index in [1.807, 2.05) is 12.1 Å². The molecule has 1 saturated heterocycles. The topological polar surface area (TPSA) is 75.7 Å². The smallest absolute Gasteiger partial charge is 0.252 e. The number of nitrogens with one attached hydrogen (secondary N) is 1. The number of benzene rings is 1. The second kappa shape index (κ2) is 9.49. The molecule has 1 aliphatic heterocycles. The summed E-state index contributed by atoms with van der Waals surface area (Å²) in [6.45, 7) is 7.92. The quantitative estimate of drug-likeness (QED) is 0.654. The highest BCUT2D eigenvalue weighted by molar-refractivity contribution is 7.91. The summed E-state index contributed by atoms with van der Waals surface area (Å²) in [5.41, 5.74) is 1.33. The molecule has 164 valence electrons. The van der Waals surface area contributed by atoms with Crippen molar-refractivity contribution < 1.29 is 17.9 Å². The highest BCUT2D eigenvalue weighted by atomic mass is 32.2. The van der Waals surface area contributed by atoms with Gasteiger partial charge < -0.3 is 10.1 Å². The van der Waals surface area contributed by atoms with Crippen LogP contribution in [0.15, 0.2) is 46.0 Å². The van der Waals surface area contributed by atoms with E-state index < -0.39 is 10.0 Å². The normalized spacial score (nSPS) is 18.2. The summed E-state index contributed by atoms with van der Waals surface area (Å²) in [6, 6.07) is 11.3. The number of ether oxygens (including phenoxy) is 1. The zero-order valence-corrected chi connectivity index (χ0v) is 19.4. The van der Waals surface area contributed by atoms with Crippen molar-refractivity contribution >= 4 is 27.3 Å². The third-order valence-corrected chi connectivity index (χ3v) is 8.47. The van der Waals surface area contributed by atoms with E-state index in [9.17, 15) is 13.2 Å². The Hall–Kier alpha value is -1.90. The molecule has 6 nitrogen and oxygen atoms in total. The van der Waals surface area contributed by atoms with Crippen molar-refractivity contribution in [1.29, 1.82) is 0 Å². The van der Waals surface area contributed by atoms with E-state index in [0.29, 0.717) is 36.7 Å². The molecule has 0 aliphatic carbocycles. The van der Waals surface area contributed by atoms with Gasteiger partial charge in [-0.05, 0) is 47.4 Å². The lowest BCUT2D eigenvalue weighted by molar-refractivity contribution is -0.126. The lowest BCUT2D eigenvalue weighted by atomic mass is 9.87. The first-order valence-electron chi connectivity index (χ1n) is 10.2. The maximum atomic E-state index is 12.7. The zero-order valence-electron chi connectivity index (χ0n) is 17.8. The Labute approximate surface area is 183 Å². The van der Waals surface area contributed by atoms with E-state index in [4.69, 9.17) is 4.74 Å². The largest absolute Gasteiger partial charge is 0.492 e. The highest BCUT2D eigenvalue weighted by Gasteiger charge is 2.33. The van der Waals surface area contributed by atoms with Gasteiger partial charge in [-0.2, -0.15) is 4.31 Å². The highest BCUT2D eigenvalue weighted by Crippen LogP contribution is 2.26. The summed E-state index contributed by atoms with van der Waals surface area (Å²) in [5.74, 6) is 0.315. The first-order chi connectivity index (χ1) is 14.2. The number of carbonyl (C=O) groups is 1. The molecule has 1 amide bonds. The molecule has 1 fully saturated rings. The minimum Gasteiger partial charge on any atom is -0.492 e. The summed E-state index contributed by atoms with van der Waals surface area (Å²) < 4.78 is 32.9. The van der Waals surface area contributed by atoms with Gasteiger partial charge in [0.1, 0.15) is 16.6 Å². The van der Waals surface area contributed by atoms with Gasteiger partial charge in [0.2, 0.25) is 5.91 Å². The molecule has 1 aromatic heterocycles. The van der Waals surface area contributed by atoms with Crippen molar-refractivity contribution in [1.82, 2.24) is 9.62 Å². The van der Waals surface area contributed by atoms with Crippen molar-refractivity contribution in [3.63, 3.8) is 0 Å². The van der Waals surface area contributed by atoms with Gasteiger partial charge >= 0.3 is 0 Å². The first kappa shape index (κ1) is 22.8. The van der Waals surface area contributed by atoms with E-state index in [1.165, 1.54) is 21.2 Å². The van der Waals surface area contributed by atoms with Gasteiger partial charge in [-0.1, -0.05) is 39.0 Å². The van der Waals surface area contributed by atoms with Crippen LogP contribution in [-0.2, 0) is 20.2 Å². The Balaban J connectivity index is 1.46. The Morgan fingerprint density at radius 1 is 1.23 bits per heavy atom. The fraction of sp³-hybridized carbons (Fsp3) is 0.500. The minimum absolute atomic E-state index is 0.0946. The average molecular weight is 451 g/mol. The molecule has 1 aliphatic rings. The van der Waals surface area contributed by atoms with Crippen LogP contribution in [0.5, 0.6) is 5.75 Å². The molecule has 2 aromatic rings. The molecule has 1 atom stereocenters. The van der Waals surface area contributed by atoms with Crippen LogP contribution in [0, 0.1) is 5.92 Å². The monoisotopic (exact) mass is 450 g/mol. The van der Waals surface area contributed by atoms with Crippen LogP contribution in [0.2, 0.25) is 0 Å². The predicted octanol–water partition coefficient (Wildman–Crippen LogP) is 3.64. The van der Waals surface area contributed by atoms with Crippen LogP contribution < -0.4 is 10.1 Å². The number of nitrogens with zero attached hydrogens (tertiary/aromatic N) is 1. The van der Waals surface area contributed by atoms with Crippen LogP contribution in [0.4, 0.5) is 0 Å².